The highest BCUT2D eigenvalue weighted by Crippen LogP contribution is 2.21. The number of benzene rings is 1. The van der Waals surface area contributed by atoms with Gasteiger partial charge in [0.2, 0.25) is 0 Å². The molecule has 0 radical (unpaired) electrons. The molecule has 1 aromatic carbocycles. The van der Waals surface area contributed by atoms with E-state index in [1.165, 1.54) is 6.42 Å². The van der Waals surface area contributed by atoms with E-state index >= 15 is 0 Å². The van der Waals surface area contributed by atoms with Crippen molar-refractivity contribution in [1.82, 2.24) is 9.80 Å². The molecule has 5 heteroatoms. The molecule has 1 atom stereocenters. The number of piperidine rings is 1. The first-order chi connectivity index (χ1) is 10.7. The summed E-state index contributed by atoms with van der Waals surface area (Å²) in [4.78, 5) is 17.1. The van der Waals surface area contributed by atoms with Crippen LogP contribution in [0.3, 0.4) is 0 Å². The van der Waals surface area contributed by atoms with Crippen LogP contribution in [-0.4, -0.2) is 61.6 Å². The van der Waals surface area contributed by atoms with Crippen LogP contribution in [-0.2, 0) is 4.74 Å². The Kier molecular flexibility index (Phi) is 5.50. The fourth-order valence-corrected chi connectivity index (χ4v) is 3.59. The molecule has 0 aromatic heterocycles. The van der Waals surface area contributed by atoms with Crippen molar-refractivity contribution in [2.45, 2.75) is 12.8 Å². The van der Waals surface area contributed by atoms with E-state index in [1.54, 1.807) is 0 Å². The molecule has 0 N–H and O–H groups in total. The maximum absolute atomic E-state index is 12.6. The van der Waals surface area contributed by atoms with Crippen molar-refractivity contribution in [2.24, 2.45) is 5.92 Å². The van der Waals surface area contributed by atoms with E-state index in [4.69, 9.17) is 4.74 Å². The van der Waals surface area contributed by atoms with Crippen LogP contribution in [0.2, 0.25) is 0 Å². The monoisotopic (exact) mass is 366 g/mol. The lowest BCUT2D eigenvalue weighted by Crippen LogP contribution is -2.46. The summed E-state index contributed by atoms with van der Waals surface area (Å²) < 4.78 is 6.41. The zero-order valence-electron chi connectivity index (χ0n) is 12.8. The predicted molar refractivity (Wildman–Crippen MR) is 90.0 cm³/mol. The van der Waals surface area contributed by atoms with Crippen LogP contribution >= 0.6 is 15.9 Å². The average Bonchev–Trinajstić information content (AvgIpc) is 2.56. The third-order valence-corrected chi connectivity index (χ3v) is 5.05. The first-order valence-electron chi connectivity index (χ1n) is 8.07. The number of nitrogens with zero attached hydrogens (tertiary/aromatic N) is 2. The molecular formula is C17H23BrN2O2. The van der Waals surface area contributed by atoms with Crippen molar-refractivity contribution in [2.75, 3.05) is 45.9 Å². The van der Waals surface area contributed by atoms with Gasteiger partial charge in [-0.1, -0.05) is 15.9 Å². The quantitative estimate of drug-likeness (QED) is 0.824. The zero-order chi connectivity index (χ0) is 15.4. The van der Waals surface area contributed by atoms with Gasteiger partial charge < -0.3 is 9.64 Å². The van der Waals surface area contributed by atoms with Gasteiger partial charge in [0.05, 0.1) is 13.2 Å². The van der Waals surface area contributed by atoms with Gasteiger partial charge in [-0.3, -0.25) is 9.69 Å². The third kappa shape index (κ3) is 4.09. The Hall–Kier alpha value is -0.910. The molecule has 2 saturated heterocycles. The molecule has 1 unspecified atom stereocenters. The molecule has 2 aliphatic rings. The van der Waals surface area contributed by atoms with E-state index in [0.29, 0.717) is 5.92 Å². The van der Waals surface area contributed by atoms with Crippen LogP contribution < -0.4 is 0 Å². The van der Waals surface area contributed by atoms with Crippen LogP contribution in [0.25, 0.3) is 0 Å². The number of rotatable bonds is 3. The number of morpholine rings is 1. The van der Waals surface area contributed by atoms with E-state index in [1.807, 2.05) is 29.2 Å². The summed E-state index contributed by atoms with van der Waals surface area (Å²) >= 11 is 3.41. The molecule has 0 spiro atoms. The van der Waals surface area contributed by atoms with Crippen LogP contribution in [0.1, 0.15) is 23.2 Å². The van der Waals surface area contributed by atoms with Gasteiger partial charge in [0.25, 0.3) is 5.91 Å². The molecule has 2 fully saturated rings. The Morgan fingerprint density at radius 3 is 2.64 bits per heavy atom. The van der Waals surface area contributed by atoms with Crippen LogP contribution in [0.4, 0.5) is 0 Å². The second kappa shape index (κ2) is 7.57. The summed E-state index contributed by atoms with van der Waals surface area (Å²) in [5, 5.41) is 0. The first-order valence-corrected chi connectivity index (χ1v) is 8.86. The maximum atomic E-state index is 12.6. The molecule has 2 aliphatic heterocycles. The minimum Gasteiger partial charge on any atom is -0.379 e. The molecule has 120 valence electrons. The number of hydrogen-bond donors (Lipinski definition) is 0. The molecule has 3 rings (SSSR count). The van der Waals surface area contributed by atoms with E-state index in [-0.39, 0.29) is 5.91 Å². The van der Waals surface area contributed by atoms with Crippen molar-refractivity contribution in [3.8, 4) is 0 Å². The molecule has 0 saturated carbocycles. The van der Waals surface area contributed by atoms with Crippen molar-refractivity contribution in [3.63, 3.8) is 0 Å². The van der Waals surface area contributed by atoms with Crippen molar-refractivity contribution < 1.29 is 9.53 Å². The minimum absolute atomic E-state index is 0.166. The normalized spacial score (nSPS) is 23.5. The molecule has 2 heterocycles. The fourth-order valence-electron chi connectivity index (χ4n) is 3.32. The van der Waals surface area contributed by atoms with Crippen molar-refractivity contribution in [1.29, 1.82) is 0 Å². The molecule has 1 aromatic rings. The second-order valence-electron chi connectivity index (χ2n) is 6.18. The van der Waals surface area contributed by atoms with E-state index in [0.717, 1.165) is 62.4 Å². The van der Waals surface area contributed by atoms with Gasteiger partial charge in [-0.05, 0) is 43.0 Å². The van der Waals surface area contributed by atoms with Gasteiger partial charge >= 0.3 is 0 Å². The summed E-state index contributed by atoms with van der Waals surface area (Å²) in [6.07, 6.45) is 2.33. The Bertz CT molecular complexity index is 500. The highest BCUT2D eigenvalue weighted by molar-refractivity contribution is 9.10. The van der Waals surface area contributed by atoms with Crippen LogP contribution in [0.5, 0.6) is 0 Å². The number of carbonyl (C=O) groups is 1. The summed E-state index contributed by atoms with van der Waals surface area (Å²) in [6.45, 7) is 6.59. The zero-order valence-corrected chi connectivity index (χ0v) is 14.4. The van der Waals surface area contributed by atoms with E-state index in [2.05, 4.69) is 20.8 Å². The van der Waals surface area contributed by atoms with Gasteiger partial charge in [-0.25, -0.2) is 0 Å². The number of likely N-dealkylation sites (tertiary alicyclic amines) is 1. The van der Waals surface area contributed by atoms with E-state index in [9.17, 15) is 4.79 Å². The largest absolute Gasteiger partial charge is 0.379 e. The Balaban J connectivity index is 1.57. The third-order valence-electron chi connectivity index (χ3n) is 4.52. The molecule has 1 amide bonds. The number of carbonyl (C=O) groups excluding carboxylic acids is 1. The standard InChI is InChI=1S/C17H23BrN2O2/c18-16-5-3-15(4-6-16)17(21)20-7-1-2-14(13-20)12-19-8-10-22-11-9-19/h3-6,14H,1-2,7-13H2. The lowest BCUT2D eigenvalue weighted by Gasteiger charge is -2.36. The predicted octanol–water partition coefficient (Wildman–Crippen LogP) is 2.63. The smallest absolute Gasteiger partial charge is 0.253 e. The van der Waals surface area contributed by atoms with Gasteiger partial charge in [0, 0.05) is 42.8 Å². The minimum atomic E-state index is 0.166. The summed E-state index contributed by atoms with van der Waals surface area (Å²) in [5.41, 5.74) is 0.787. The van der Waals surface area contributed by atoms with Gasteiger partial charge in [-0.15, -0.1) is 0 Å². The topological polar surface area (TPSA) is 32.8 Å². The Labute approximate surface area is 140 Å². The number of ether oxygens (including phenoxy) is 1. The maximum Gasteiger partial charge on any atom is 0.253 e. The lowest BCUT2D eigenvalue weighted by atomic mass is 9.96. The first kappa shape index (κ1) is 16.0. The van der Waals surface area contributed by atoms with Crippen molar-refractivity contribution in [3.05, 3.63) is 34.3 Å². The van der Waals surface area contributed by atoms with Gasteiger partial charge in [0.15, 0.2) is 0 Å². The summed E-state index contributed by atoms with van der Waals surface area (Å²) in [7, 11) is 0. The molecule has 22 heavy (non-hydrogen) atoms. The van der Waals surface area contributed by atoms with Gasteiger partial charge in [0.1, 0.15) is 0 Å². The second-order valence-corrected chi connectivity index (χ2v) is 7.09. The summed E-state index contributed by atoms with van der Waals surface area (Å²) in [6, 6.07) is 7.67. The Morgan fingerprint density at radius 2 is 1.91 bits per heavy atom. The SMILES string of the molecule is O=C(c1ccc(Br)cc1)N1CCCC(CN2CCOCC2)C1. The molecule has 0 bridgehead atoms. The Morgan fingerprint density at radius 1 is 1.18 bits per heavy atom. The number of halogens is 1. The van der Waals surface area contributed by atoms with Crippen molar-refractivity contribution >= 4 is 21.8 Å². The molecule has 0 aliphatic carbocycles. The van der Waals surface area contributed by atoms with Gasteiger partial charge in [-0.2, -0.15) is 0 Å². The van der Waals surface area contributed by atoms with Crippen LogP contribution in [0.15, 0.2) is 28.7 Å². The fraction of sp³-hybridized carbons (Fsp3) is 0.588. The molecular weight excluding hydrogens is 344 g/mol. The summed E-state index contributed by atoms with van der Waals surface area (Å²) in [5.74, 6) is 0.755. The molecule has 4 nitrogen and oxygen atoms in total. The highest BCUT2D eigenvalue weighted by Gasteiger charge is 2.26. The lowest BCUT2D eigenvalue weighted by molar-refractivity contribution is 0.0224. The highest BCUT2D eigenvalue weighted by atomic mass is 79.9. The van der Waals surface area contributed by atoms with Crippen LogP contribution in [0, 0.1) is 5.92 Å². The van der Waals surface area contributed by atoms with E-state index < -0.39 is 0 Å². The number of hydrogen-bond acceptors (Lipinski definition) is 3. The average molecular weight is 367 g/mol. The number of amides is 1.